The second-order valence-corrected chi connectivity index (χ2v) is 4.03. The van der Waals surface area contributed by atoms with Crippen LogP contribution in [0.5, 0.6) is 0 Å². The summed E-state index contributed by atoms with van der Waals surface area (Å²) in [6.07, 6.45) is 0. The van der Waals surface area contributed by atoms with E-state index in [0.717, 1.165) is 5.69 Å². The normalized spacial score (nSPS) is 11.2. The van der Waals surface area contributed by atoms with Crippen LogP contribution in [-0.2, 0) is 0 Å². The predicted octanol–water partition coefficient (Wildman–Crippen LogP) is 1.86. The molecule has 2 rings (SSSR count). The number of carbonyl (C=O) groups is 1. The summed E-state index contributed by atoms with van der Waals surface area (Å²) in [6.45, 7) is 5.70. The van der Waals surface area contributed by atoms with Crippen LogP contribution in [0.4, 0.5) is 0 Å². The van der Waals surface area contributed by atoms with Crippen LogP contribution in [0.15, 0.2) is 12.1 Å². The Hall–Kier alpha value is -1.91. The largest absolute Gasteiger partial charge is 0.476 e. The van der Waals surface area contributed by atoms with Crippen molar-refractivity contribution in [2.75, 3.05) is 0 Å². The zero-order chi connectivity index (χ0) is 11.9. The van der Waals surface area contributed by atoms with Crippen molar-refractivity contribution in [3.8, 4) is 0 Å². The lowest BCUT2D eigenvalue weighted by Gasteiger charge is -2.04. The van der Waals surface area contributed by atoms with E-state index >= 15 is 0 Å². The van der Waals surface area contributed by atoms with Gasteiger partial charge >= 0.3 is 5.97 Å². The molecule has 0 aromatic carbocycles. The van der Waals surface area contributed by atoms with E-state index in [2.05, 4.69) is 10.1 Å². The highest BCUT2D eigenvalue weighted by molar-refractivity contribution is 5.88. The summed E-state index contributed by atoms with van der Waals surface area (Å²) < 4.78 is 1.40. The summed E-state index contributed by atoms with van der Waals surface area (Å²) in [5.74, 6) is -0.743. The minimum absolute atomic E-state index is 0.137. The summed E-state index contributed by atoms with van der Waals surface area (Å²) in [4.78, 5) is 15.2. The number of fused-ring (bicyclic) bond motifs is 1. The third-order valence-corrected chi connectivity index (χ3v) is 2.47. The number of carboxylic acid groups (broad SMARTS) is 1. The van der Waals surface area contributed by atoms with E-state index in [0.29, 0.717) is 11.3 Å². The maximum absolute atomic E-state index is 11.1. The first kappa shape index (κ1) is 10.6. The summed E-state index contributed by atoms with van der Waals surface area (Å²) >= 11 is 0. The molecule has 0 radical (unpaired) electrons. The molecule has 0 atom stereocenters. The van der Waals surface area contributed by atoms with Crippen molar-refractivity contribution in [2.24, 2.45) is 0 Å². The van der Waals surface area contributed by atoms with E-state index in [1.54, 1.807) is 13.0 Å². The molecular formula is C11H13N3O2. The van der Waals surface area contributed by atoms with Gasteiger partial charge in [-0.15, -0.1) is 0 Å². The van der Waals surface area contributed by atoms with E-state index in [9.17, 15) is 4.79 Å². The second kappa shape index (κ2) is 3.59. The summed E-state index contributed by atoms with van der Waals surface area (Å²) in [5.41, 5.74) is 2.05. The number of aromatic carboxylic acids is 1. The number of aromatic nitrogens is 3. The van der Waals surface area contributed by atoms with Gasteiger partial charge in [-0.25, -0.2) is 14.3 Å². The Bertz CT molecular complexity index is 558. The summed E-state index contributed by atoms with van der Waals surface area (Å²) in [6, 6.07) is 3.67. The van der Waals surface area contributed by atoms with Crippen molar-refractivity contribution < 1.29 is 9.90 Å². The third-order valence-electron chi connectivity index (χ3n) is 2.47. The molecule has 0 saturated heterocycles. The molecule has 0 aliphatic carbocycles. The maximum Gasteiger partial charge on any atom is 0.356 e. The van der Waals surface area contributed by atoms with Crippen LogP contribution in [0.3, 0.4) is 0 Å². The predicted molar refractivity (Wildman–Crippen MR) is 58.8 cm³/mol. The first-order valence-electron chi connectivity index (χ1n) is 5.10. The van der Waals surface area contributed by atoms with Gasteiger partial charge in [0.2, 0.25) is 0 Å². The minimum atomic E-state index is -1.00. The van der Waals surface area contributed by atoms with Crippen molar-refractivity contribution in [3.63, 3.8) is 0 Å². The molecule has 5 nitrogen and oxygen atoms in total. The van der Waals surface area contributed by atoms with Crippen molar-refractivity contribution in [3.05, 3.63) is 29.2 Å². The number of aryl methyl sites for hydroxylation is 1. The molecule has 5 heteroatoms. The zero-order valence-corrected chi connectivity index (χ0v) is 9.43. The van der Waals surface area contributed by atoms with Gasteiger partial charge in [0.15, 0.2) is 11.3 Å². The number of imidazole rings is 1. The fourth-order valence-electron chi connectivity index (χ4n) is 1.61. The minimum Gasteiger partial charge on any atom is -0.476 e. The zero-order valence-electron chi connectivity index (χ0n) is 9.43. The smallest absolute Gasteiger partial charge is 0.356 e. The standard InChI is InChI=1S/C11H13N3O2/c1-6(2)8-4-5-9-12-7(3)10(11(15)16)14(9)13-8/h4-6H,1-3H3,(H,15,16). The van der Waals surface area contributed by atoms with E-state index in [-0.39, 0.29) is 11.6 Å². The molecule has 2 aromatic heterocycles. The SMILES string of the molecule is Cc1nc2ccc(C(C)C)nn2c1C(=O)O. The number of hydrogen-bond acceptors (Lipinski definition) is 3. The Morgan fingerprint density at radius 3 is 2.69 bits per heavy atom. The molecular weight excluding hydrogens is 206 g/mol. The molecule has 0 bridgehead atoms. The van der Waals surface area contributed by atoms with Gasteiger partial charge in [-0.3, -0.25) is 0 Å². The molecule has 0 fully saturated rings. The first-order valence-corrected chi connectivity index (χ1v) is 5.10. The van der Waals surface area contributed by atoms with E-state index in [1.165, 1.54) is 4.52 Å². The van der Waals surface area contributed by atoms with E-state index < -0.39 is 5.97 Å². The average Bonchev–Trinajstić information content (AvgIpc) is 2.51. The van der Waals surface area contributed by atoms with Crippen molar-refractivity contribution in [2.45, 2.75) is 26.7 Å². The Morgan fingerprint density at radius 1 is 1.44 bits per heavy atom. The van der Waals surface area contributed by atoms with Crippen molar-refractivity contribution in [1.29, 1.82) is 0 Å². The molecule has 0 spiro atoms. The highest BCUT2D eigenvalue weighted by Gasteiger charge is 2.17. The molecule has 0 aliphatic rings. The number of hydrogen-bond donors (Lipinski definition) is 1. The molecule has 2 heterocycles. The van der Waals surface area contributed by atoms with Gasteiger partial charge in [-0.05, 0) is 25.0 Å². The number of carboxylic acids is 1. The van der Waals surface area contributed by atoms with Gasteiger partial charge in [0.25, 0.3) is 0 Å². The van der Waals surface area contributed by atoms with E-state index in [1.807, 2.05) is 19.9 Å². The van der Waals surface area contributed by atoms with Gasteiger partial charge in [-0.2, -0.15) is 5.10 Å². The number of rotatable bonds is 2. The molecule has 0 unspecified atom stereocenters. The molecule has 84 valence electrons. The van der Waals surface area contributed by atoms with Crippen LogP contribution in [0, 0.1) is 6.92 Å². The van der Waals surface area contributed by atoms with Crippen molar-refractivity contribution in [1.82, 2.24) is 14.6 Å². The topological polar surface area (TPSA) is 67.5 Å². The second-order valence-electron chi connectivity index (χ2n) is 4.03. The van der Waals surface area contributed by atoms with Gasteiger partial charge in [0.05, 0.1) is 11.4 Å². The Balaban J connectivity index is 2.74. The highest BCUT2D eigenvalue weighted by Crippen LogP contribution is 2.15. The summed E-state index contributed by atoms with van der Waals surface area (Å²) in [5, 5.41) is 13.4. The average molecular weight is 219 g/mol. The molecule has 0 saturated carbocycles. The third kappa shape index (κ3) is 1.54. The maximum atomic E-state index is 11.1. The molecule has 1 N–H and O–H groups in total. The Kier molecular flexibility index (Phi) is 2.38. The van der Waals surface area contributed by atoms with Crippen LogP contribution in [0.25, 0.3) is 5.65 Å². The molecule has 2 aromatic rings. The summed E-state index contributed by atoms with van der Waals surface area (Å²) in [7, 11) is 0. The van der Waals surface area contributed by atoms with Crippen LogP contribution in [0.1, 0.15) is 41.6 Å². The lowest BCUT2D eigenvalue weighted by Crippen LogP contribution is -2.08. The molecule has 0 amide bonds. The van der Waals surface area contributed by atoms with Crippen LogP contribution in [-0.4, -0.2) is 25.7 Å². The van der Waals surface area contributed by atoms with Gasteiger partial charge in [0.1, 0.15) is 0 Å². The molecule has 16 heavy (non-hydrogen) atoms. The van der Waals surface area contributed by atoms with Gasteiger partial charge in [-0.1, -0.05) is 13.8 Å². The lowest BCUT2D eigenvalue weighted by atomic mass is 10.1. The monoisotopic (exact) mass is 219 g/mol. The van der Waals surface area contributed by atoms with Crippen LogP contribution < -0.4 is 0 Å². The van der Waals surface area contributed by atoms with Gasteiger partial charge in [0, 0.05) is 0 Å². The number of nitrogens with zero attached hydrogens (tertiary/aromatic N) is 3. The van der Waals surface area contributed by atoms with Crippen LogP contribution in [0.2, 0.25) is 0 Å². The van der Waals surface area contributed by atoms with Crippen molar-refractivity contribution >= 4 is 11.6 Å². The quantitative estimate of drug-likeness (QED) is 0.837. The fraction of sp³-hybridized carbons (Fsp3) is 0.364. The first-order chi connectivity index (χ1) is 7.50. The lowest BCUT2D eigenvalue weighted by molar-refractivity contribution is 0.0687. The Morgan fingerprint density at radius 2 is 2.12 bits per heavy atom. The van der Waals surface area contributed by atoms with E-state index in [4.69, 9.17) is 5.11 Å². The molecule has 0 aliphatic heterocycles. The highest BCUT2D eigenvalue weighted by atomic mass is 16.4. The fourth-order valence-corrected chi connectivity index (χ4v) is 1.61. The van der Waals surface area contributed by atoms with Crippen LogP contribution >= 0.6 is 0 Å². The van der Waals surface area contributed by atoms with Gasteiger partial charge < -0.3 is 5.11 Å². The Labute approximate surface area is 92.7 Å².